The van der Waals surface area contributed by atoms with Crippen LogP contribution in [0.15, 0.2) is 24.3 Å². The van der Waals surface area contributed by atoms with Crippen LogP contribution in [-0.2, 0) is 16.1 Å². The lowest BCUT2D eigenvalue weighted by Crippen LogP contribution is -2.39. The molecule has 0 aliphatic carbocycles. The highest BCUT2D eigenvalue weighted by Crippen LogP contribution is 2.13. The number of hydrogen-bond donors (Lipinski definition) is 1. The lowest BCUT2D eigenvalue weighted by atomic mass is 10.0. The van der Waals surface area contributed by atoms with Gasteiger partial charge in [0.25, 0.3) is 0 Å². The fourth-order valence-corrected chi connectivity index (χ4v) is 2.42. The van der Waals surface area contributed by atoms with Crippen molar-refractivity contribution in [3.8, 4) is 5.75 Å². The van der Waals surface area contributed by atoms with Crippen molar-refractivity contribution < 1.29 is 14.3 Å². The van der Waals surface area contributed by atoms with Crippen LogP contribution < -0.4 is 10.1 Å². The second kappa shape index (κ2) is 9.87. The molecule has 0 aromatic heterocycles. The number of carbonyl (C=O) groups excluding carboxylic acids is 2. The molecule has 0 saturated heterocycles. The van der Waals surface area contributed by atoms with Gasteiger partial charge in [-0.25, -0.2) is 0 Å². The third-order valence-corrected chi connectivity index (χ3v) is 4.02. The van der Waals surface area contributed by atoms with Crippen molar-refractivity contribution in [3.63, 3.8) is 0 Å². The van der Waals surface area contributed by atoms with Crippen molar-refractivity contribution in [2.24, 2.45) is 5.92 Å². The Kier molecular flexibility index (Phi) is 8.16. The summed E-state index contributed by atoms with van der Waals surface area (Å²) in [6.45, 7) is 7.09. The topological polar surface area (TPSA) is 58.6 Å². The van der Waals surface area contributed by atoms with Gasteiger partial charge in [0.05, 0.1) is 7.11 Å². The van der Waals surface area contributed by atoms with Crippen LogP contribution >= 0.6 is 0 Å². The Morgan fingerprint density at radius 3 is 2.26 bits per heavy atom. The van der Waals surface area contributed by atoms with E-state index < -0.39 is 0 Å². The summed E-state index contributed by atoms with van der Waals surface area (Å²) in [4.78, 5) is 25.5. The SMILES string of the molecule is CCC(CC)C(=O)NCCN(Cc1ccc(OC)cc1)C(C)=O. The molecule has 0 spiro atoms. The summed E-state index contributed by atoms with van der Waals surface area (Å²) >= 11 is 0. The van der Waals surface area contributed by atoms with Gasteiger partial charge in [-0.3, -0.25) is 9.59 Å². The molecule has 0 atom stereocenters. The zero-order valence-corrected chi connectivity index (χ0v) is 14.6. The Bertz CT molecular complexity index is 495. The molecule has 1 aromatic carbocycles. The van der Waals surface area contributed by atoms with E-state index in [0.717, 1.165) is 24.2 Å². The first kappa shape index (κ1) is 19.0. The number of nitrogens with one attached hydrogen (secondary N) is 1. The summed E-state index contributed by atoms with van der Waals surface area (Å²) < 4.78 is 5.13. The molecule has 0 saturated carbocycles. The molecule has 1 rings (SSSR count). The molecule has 1 N–H and O–H groups in total. The number of rotatable bonds is 9. The molecule has 128 valence electrons. The quantitative estimate of drug-likeness (QED) is 0.761. The van der Waals surface area contributed by atoms with Gasteiger partial charge in [0.1, 0.15) is 5.75 Å². The minimum atomic E-state index is -0.00222. The van der Waals surface area contributed by atoms with Crippen LogP contribution in [0.2, 0.25) is 0 Å². The second-order valence-corrected chi connectivity index (χ2v) is 5.59. The van der Waals surface area contributed by atoms with Gasteiger partial charge in [0.2, 0.25) is 11.8 Å². The van der Waals surface area contributed by atoms with Gasteiger partial charge < -0.3 is 15.0 Å². The normalized spacial score (nSPS) is 10.5. The lowest BCUT2D eigenvalue weighted by Gasteiger charge is -2.22. The minimum absolute atomic E-state index is 0.00222. The number of ether oxygens (including phenoxy) is 1. The van der Waals surface area contributed by atoms with Gasteiger partial charge in [-0.1, -0.05) is 26.0 Å². The van der Waals surface area contributed by atoms with Gasteiger partial charge in [0.15, 0.2) is 0 Å². The van der Waals surface area contributed by atoms with E-state index in [-0.39, 0.29) is 17.7 Å². The van der Waals surface area contributed by atoms with Crippen molar-refractivity contribution in [1.82, 2.24) is 10.2 Å². The molecule has 5 nitrogen and oxygen atoms in total. The van der Waals surface area contributed by atoms with E-state index in [4.69, 9.17) is 4.74 Å². The van der Waals surface area contributed by atoms with Gasteiger partial charge in [-0.2, -0.15) is 0 Å². The Labute approximate surface area is 139 Å². The van der Waals surface area contributed by atoms with E-state index >= 15 is 0 Å². The fraction of sp³-hybridized carbons (Fsp3) is 0.556. The largest absolute Gasteiger partial charge is 0.497 e. The number of amides is 2. The molecule has 2 amide bonds. The second-order valence-electron chi connectivity index (χ2n) is 5.59. The van der Waals surface area contributed by atoms with Crippen LogP contribution in [0.5, 0.6) is 5.75 Å². The smallest absolute Gasteiger partial charge is 0.223 e. The van der Waals surface area contributed by atoms with Crippen LogP contribution in [0.1, 0.15) is 39.2 Å². The summed E-state index contributed by atoms with van der Waals surface area (Å²) in [6, 6.07) is 7.64. The molecule has 0 radical (unpaired) electrons. The molecule has 0 unspecified atom stereocenters. The Balaban J connectivity index is 2.52. The molecule has 0 aliphatic rings. The molecule has 0 fully saturated rings. The average Bonchev–Trinajstić information content (AvgIpc) is 2.55. The molecule has 5 heteroatoms. The maximum absolute atomic E-state index is 12.0. The number of hydrogen-bond acceptors (Lipinski definition) is 3. The van der Waals surface area contributed by atoms with Gasteiger partial charge in [0, 0.05) is 32.5 Å². The summed E-state index contributed by atoms with van der Waals surface area (Å²) in [5, 5.41) is 2.92. The highest BCUT2D eigenvalue weighted by atomic mass is 16.5. The monoisotopic (exact) mass is 320 g/mol. The van der Waals surface area contributed by atoms with E-state index in [2.05, 4.69) is 5.32 Å². The molecular weight excluding hydrogens is 292 g/mol. The van der Waals surface area contributed by atoms with Crippen molar-refractivity contribution in [3.05, 3.63) is 29.8 Å². The first-order valence-electron chi connectivity index (χ1n) is 8.17. The van der Waals surface area contributed by atoms with Gasteiger partial charge in [-0.15, -0.1) is 0 Å². The van der Waals surface area contributed by atoms with E-state index in [9.17, 15) is 9.59 Å². The molecule has 0 aliphatic heterocycles. The first-order valence-corrected chi connectivity index (χ1v) is 8.17. The van der Waals surface area contributed by atoms with E-state index in [1.807, 2.05) is 38.1 Å². The molecule has 0 bridgehead atoms. The first-order chi connectivity index (χ1) is 11.0. The van der Waals surface area contributed by atoms with Crippen LogP contribution in [0.3, 0.4) is 0 Å². The van der Waals surface area contributed by atoms with Crippen LogP contribution in [-0.4, -0.2) is 36.9 Å². The van der Waals surface area contributed by atoms with E-state index in [1.54, 1.807) is 18.9 Å². The number of benzene rings is 1. The number of carbonyl (C=O) groups is 2. The fourth-order valence-electron chi connectivity index (χ4n) is 2.42. The predicted molar refractivity (Wildman–Crippen MR) is 91.2 cm³/mol. The third-order valence-electron chi connectivity index (χ3n) is 4.02. The summed E-state index contributed by atoms with van der Waals surface area (Å²) in [7, 11) is 1.62. The predicted octanol–water partition coefficient (Wildman–Crippen LogP) is 2.60. The zero-order valence-electron chi connectivity index (χ0n) is 14.6. The van der Waals surface area contributed by atoms with Crippen molar-refractivity contribution in [2.45, 2.75) is 40.2 Å². The Morgan fingerprint density at radius 2 is 1.78 bits per heavy atom. The van der Waals surface area contributed by atoms with Crippen LogP contribution in [0, 0.1) is 5.92 Å². The highest BCUT2D eigenvalue weighted by Gasteiger charge is 2.15. The van der Waals surface area contributed by atoms with Crippen LogP contribution in [0.4, 0.5) is 0 Å². The minimum Gasteiger partial charge on any atom is -0.497 e. The lowest BCUT2D eigenvalue weighted by molar-refractivity contribution is -0.130. The average molecular weight is 320 g/mol. The number of methoxy groups -OCH3 is 1. The number of nitrogens with zero attached hydrogens (tertiary/aromatic N) is 1. The maximum Gasteiger partial charge on any atom is 0.223 e. The van der Waals surface area contributed by atoms with Crippen molar-refractivity contribution >= 4 is 11.8 Å². The van der Waals surface area contributed by atoms with E-state index in [0.29, 0.717) is 19.6 Å². The zero-order chi connectivity index (χ0) is 17.2. The Morgan fingerprint density at radius 1 is 1.17 bits per heavy atom. The Hall–Kier alpha value is -2.04. The van der Waals surface area contributed by atoms with Crippen molar-refractivity contribution in [1.29, 1.82) is 0 Å². The molecular formula is C18H28N2O3. The van der Waals surface area contributed by atoms with Crippen LogP contribution in [0.25, 0.3) is 0 Å². The highest BCUT2D eigenvalue weighted by molar-refractivity contribution is 5.78. The van der Waals surface area contributed by atoms with E-state index in [1.165, 1.54) is 0 Å². The summed E-state index contributed by atoms with van der Waals surface area (Å²) in [5.41, 5.74) is 1.03. The third kappa shape index (κ3) is 6.30. The molecule has 23 heavy (non-hydrogen) atoms. The van der Waals surface area contributed by atoms with Gasteiger partial charge >= 0.3 is 0 Å². The summed E-state index contributed by atoms with van der Waals surface area (Å²) in [5.74, 6) is 0.920. The van der Waals surface area contributed by atoms with Crippen molar-refractivity contribution in [2.75, 3.05) is 20.2 Å². The maximum atomic E-state index is 12.0. The summed E-state index contributed by atoms with van der Waals surface area (Å²) in [6.07, 6.45) is 1.68. The molecule has 0 heterocycles. The molecule has 1 aromatic rings. The standard InChI is InChI=1S/C18H28N2O3/c1-5-16(6-2)18(22)19-11-12-20(14(3)21)13-15-7-9-17(23-4)10-8-15/h7-10,16H,5-6,11-13H2,1-4H3,(H,19,22). The van der Waals surface area contributed by atoms with Gasteiger partial charge in [-0.05, 0) is 30.5 Å².